The lowest BCUT2D eigenvalue weighted by Gasteiger charge is -2.28. The minimum atomic E-state index is 0.0377. The Hall–Kier alpha value is -3.14. The zero-order chi connectivity index (χ0) is 23.5. The first-order valence-electron chi connectivity index (χ1n) is 11.6. The number of nitrogens with zero attached hydrogens (tertiary/aromatic N) is 5. The third-order valence-electron chi connectivity index (χ3n) is 5.53. The van der Waals surface area contributed by atoms with Crippen molar-refractivity contribution in [2.24, 2.45) is 10.2 Å². The molecule has 0 bridgehead atoms. The zero-order valence-electron chi connectivity index (χ0n) is 19.8. The monoisotopic (exact) mass is 437 g/mol. The van der Waals surface area contributed by atoms with Gasteiger partial charge in [0.05, 0.1) is 23.9 Å². The van der Waals surface area contributed by atoms with E-state index in [0.717, 1.165) is 45.2 Å². The Morgan fingerprint density at radius 3 is 2.25 bits per heavy atom. The van der Waals surface area contributed by atoms with Crippen LogP contribution in [0.4, 0.5) is 5.69 Å². The van der Waals surface area contributed by atoms with Crippen molar-refractivity contribution in [3.63, 3.8) is 0 Å². The highest BCUT2D eigenvalue weighted by Crippen LogP contribution is 2.28. The number of carbonyl (C=O) groups is 1. The summed E-state index contributed by atoms with van der Waals surface area (Å²) in [7, 11) is 0. The van der Waals surface area contributed by atoms with E-state index < -0.39 is 0 Å². The van der Waals surface area contributed by atoms with Gasteiger partial charge < -0.3 is 14.9 Å². The van der Waals surface area contributed by atoms with Gasteiger partial charge in [-0.15, -0.1) is 5.11 Å². The fraction of sp³-hybridized carbons (Fsp3) is 0.520. The van der Waals surface area contributed by atoms with Crippen molar-refractivity contribution in [1.29, 1.82) is 5.26 Å². The molecule has 0 aliphatic carbocycles. The van der Waals surface area contributed by atoms with Crippen molar-refractivity contribution in [2.75, 3.05) is 26.2 Å². The Balaban J connectivity index is 2.20. The second-order valence-corrected chi connectivity index (χ2v) is 8.06. The zero-order valence-corrected chi connectivity index (χ0v) is 19.8. The van der Waals surface area contributed by atoms with E-state index in [1.807, 2.05) is 11.8 Å². The van der Waals surface area contributed by atoms with Crippen molar-refractivity contribution in [1.82, 2.24) is 9.80 Å². The molecule has 1 aliphatic rings. The van der Waals surface area contributed by atoms with E-state index in [1.165, 1.54) is 0 Å². The molecule has 2 rings (SSSR count). The van der Waals surface area contributed by atoms with Crippen molar-refractivity contribution < 1.29 is 9.90 Å². The lowest BCUT2D eigenvalue weighted by atomic mass is 10.0. The van der Waals surface area contributed by atoms with E-state index in [1.54, 1.807) is 36.1 Å². The fourth-order valence-corrected chi connectivity index (χ4v) is 3.51. The van der Waals surface area contributed by atoms with Gasteiger partial charge in [0.15, 0.2) is 0 Å². The van der Waals surface area contributed by atoms with Crippen LogP contribution in [0.3, 0.4) is 0 Å². The highest BCUT2D eigenvalue weighted by atomic mass is 16.3. The Kier molecular flexibility index (Phi) is 9.93. The molecular weight excluding hydrogens is 402 g/mol. The highest BCUT2D eigenvalue weighted by Gasteiger charge is 2.24. The summed E-state index contributed by atoms with van der Waals surface area (Å²) in [6.45, 7) is 10.6. The Morgan fingerprint density at radius 1 is 1.09 bits per heavy atom. The molecule has 1 heterocycles. The number of hydrogen-bond donors (Lipinski definition) is 1. The standard InChI is InChI=1S/C25H35N5O2/c1-5-8-15-29(16-9-6-2)24(31)20-10-12-22(13-11-20)27-28-23-19(4)21(17-26)18-30(14-7-3)25(23)32/h10-13,32H,5-9,14-16,18H2,1-4H3/b28-27+. The Labute approximate surface area is 191 Å². The largest absolute Gasteiger partial charge is 0.493 e. The molecule has 32 heavy (non-hydrogen) atoms. The average molecular weight is 438 g/mol. The van der Waals surface area contributed by atoms with Crippen molar-refractivity contribution in [3.05, 3.63) is 52.6 Å². The third-order valence-corrected chi connectivity index (χ3v) is 5.53. The molecule has 1 amide bonds. The molecule has 1 aromatic carbocycles. The van der Waals surface area contributed by atoms with Gasteiger partial charge in [0.2, 0.25) is 5.88 Å². The number of allylic oxidation sites excluding steroid dienone is 1. The van der Waals surface area contributed by atoms with Crippen LogP contribution in [-0.2, 0) is 0 Å². The maximum atomic E-state index is 12.9. The van der Waals surface area contributed by atoms with Gasteiger partial charge in [-0.25, -0.2) is 0 Å². The number of carbonyl (C=O) groups excluding carboxylic acids is 1. The van der Waals surface area contributed by atoms with E-state index in [4.69, 9.17) is 0 Å². The number of azo groups is 1. The van der Waals surface area contributed by atoms with Crippen LogP contribution in [0.15, 0.2) is 57.2 Å². The summed E-state index contributed by atoms with van der Waals surface area (Å²) in [6.07, 6.45) is 4.93. The summed E-state index contributed by atoms with van der Waals surface area (Å²) in [5.74, 6) is 0.0806. The van der Waals surface area contributed by atoms with Crippen LogP contribution in [0.2, 0.25) is 0 Å². The molecule has 0 saturated heterocycles. The molecule has 1 aromatic rings. The second-order valence-electron chi connectivity index (χ2n) is 8.06. The van der Waals surface area contributed by atoms with E-state index in [9.17, 15) is 15.2 Å². The molecule has 7 heteroatoms. The summed E-state index contributed by atoms with van der Waals surface area (Å²) < 4.78 is 0. The van der Waals surface area contributed by atoms with Crippen LogP contribution in [0.25, 0.3) is 0 Å². The topological polar surface area (TPSA) is 92.3 Å². The Bertz CT molecular complexity index is 901. The molecular formula is C25H35N5O2. The molecule has 1 N–H and O–H groups in total. The number of nitriles is 1. The maximum absolute atomic E-state index is 12.9. The molecule has 0 saturated carbocycles. The van der Waals surface area contributed by atoms with E-state index in [0.29, 0.717) is 41.2 Å². The van der Waals surface area contributed by atoms with Gasteiger partial charge in [-0.2, -0.15) is 10.4 Å². The number of aliphatic hydroxyl groups is 1. The van der Waals surface area contributed by atoms with Gasteiger partial charge in [0.1, 0.15) is 5.70 Å². The summed E-state index contributed by atoms with van der Waals surface area (Å²) in [6, 6.07) is 9.24. The van der Waals surface area contributed by atoms with Crippen LogP contribution < -0.4 is 0 Å². The van der Waals surface area contributed by atoms with E-state index >= 15 is 0 Å². The van der Waals surface area contributed by atoms with E-state index in [2.05, 4.69) is 30.1 Å². The SMILES string of the molecule is CCCCN(CCCC)C(=O)c1ccc(/N=N/C2=C(O)N(CCC)CC(C#N)=C2C)cc1. The van der Waals surface area contributed by atoms with Crippen molar-refractivity contribution in [3.8, 4) is 6.07 Å². The van der Waals surface area contributed by atoms with Crippen LogP contribution >= 0.6 is 0 Å². The van der Waals surface area contributed by atoms with Crippen LogP contribution in [-0.4, -0.2) is 47.0 Å². The highest BCUT2D eigenvalue weighted by molar-refractivity contribution is 5.94. The van der Waals surface area contributed by atoms with Gasteiger partial charge in [0, 0.05) is 25.2 Å². The molecule has 0 radical (unpaired) electrons. The second kappa shape index (κ2) is 12.7. The summed E-state index contributed by atoms with van der Waals surface area (Å²) in [5.41, 5.74) is 2.73. The maximum Gasteiger partial charge on any atom is 0.253 e. The molecule has 0 atom stereocenters. The summed E-state index contributed by atoms with van der Waals surface area (Å²) in [4.78, 5) is 16.6. The normalized spacial score (nSPS) is 14.3. The first-order valence-corrected chi connectivity index (χ1v) is 11.6. The number of hydrogen-bond acceptors (Lipinski definition) is 6. The molecule has 0 fully saturated rings. The van der Waals surface area contributed by atoms with Gasteiger partial charge in [-0.3, -0.25) is 4.79 Å². The number of amides is 1. The quantitative estimate of drug-likeness (QED) is 0.423. The lowest BCUT2D eigenvalue weighted by Crippen LogP contribution is -2.32. The smallest absolute Gasteiger partial charge is 0.253 e. The number of benzene rings is 1. The van der Waals surface area contributed by atoms with Crippen LogP contribution in [0, 0.1) is 11.3 Å². The van der Waals surface area contributed by atoms with Crippen molar-refractivity contribution in [2.45, 2.75) is 59.8 Å². The fourth-order valence-electron chi connectivity index (χ4n) is 3.51. The lowest BCUT2D eigenvalue weighted by molar-refractivity contribution is 0.0751. The molecule has 1 aliphatic heterocycles. The number of unbranched alkanes of at least 4 members (excludes halogenated alkanes) is 2. The predicted octanol–water partition coefficient (Wildman–Crippen LogP) is 6.11. The average Bonchev–Trinajstić information content (AvgIpc) is 2.81. The van der Waals surface area contributed by atoms with Gasteiger partial charge in [-0.05, 0) is 56.0 Å². The van der Waals surface area contributed by atoms with Crippen LogP contribution in [0.1, 0.15) is 70.2 Å². The van der Waals surface area contributed by atoms with Crippen molar-refractivity contribution >= 4 is 11.6 Å². The molecule has 0 unspecified atom stereocenters. The number of rotatable bonds is 11. The minimum absolute atomic E-state index is 0.0377. The van der Waals surface area contributed by atoms with Gasteiger partial charge >= 0.3 is 0 Å². The van der Waals surface area contributed by atoms with E-state index in [-0.39, 0.29) is 11.8 Å². The van der Waals surface area contributed by atoms with Gasteiger partial charge in [-0.1, -0.05) is 33.6 Å². The molecule has 0 aromatic heterocycles. The summed E-state index contributed by atoms with van der Waals surface area (Å²) >= 11 is 0. The Morgan fingerprint density at radius 2 is 1.72 bits per heavy atom. The molecule has 7 nitrogen and oxygen atoms in total. The van der Waals surface area contributed by atoms with Crippen LogP contribution in [0.5, 0.6) is 0 Å². The minimum Gasteiger partial charge on any atom is -0.493 e. The third kappa shape index (κ3) is 6.43. The first-order chi connectivity index (χ1) is 15.5. The summed E-state index contributed by atoms with van der Waals surface area (Å²) in [5, 5.41) is 28.5. The predicted molar refractivity (Wildman–Crippen MR) is 127 cm³/mol. The first kappa shape index (κ1) is 25.1. The van der Waals surface area contributed by atoms with Gasteiger partial charge in [0.25, 0.3) is 5.91 Å². The number of aliphatic hydroxyl groups excluding tert-OH is 1. The molecule has 172 valence electrons. The molecule has 0 spiro atoms.